The standard InChI is InChI=1S/C14H18N2O4/c1-14(2,18)6-8-15-7-5-10-3-4-11(16(19)20)9-12(10)13(15)17/h3-4,9,18H,5-8H2,1-2H3. The molecule has 1 aromatic carbocycles. The lowest BCUT2D eigenvalue weighted by molar-refractivity contribution is -0.384. The van der Waals surface area contributed by atoms with Crippen LogP contribution >= 0.6 is 0 Å². The number of hydrogen-bond acceptors (Lipinski definition) is 4. The summed E-state index contributed by atoms with van der Waals surface area (Å²) >= 11 is 0. The van der Waals surface area contributed by atoms with Gasteiger partial charge in [0.05, 0.1) is 10.5 Å². The lowest BCUT2D eigenvalue weighted by Gasteiger charge is -2.30. The Balaban J connectivity index is 2.19. The Bertz CT molecular complexity index is 549. The lowest BCUT2D eigenvalue weighted by Crippen LogP contribution is -2.40. The number of benzene rings is 1. The Hall–Kier alpha value is -1.95. The number of amides is 1. The number of fused-ring (bicyclic) bond motifs is 1. The molecule has 108 valence electrons. The number of rotatable bonds is 4. The van der Waals surface area contributed by atoms with Crippen LogP contribution in [0.2, 0.25) is 0 Å². The van der Waals surface area contributed by atoms with E-state index in [9.17, 15) is 20.0 Å². The zero-order valence-electron chi connectivity index (χ0n) is 11.6. The molecular weight excluding hydrogens is 260 g/mol. The SMILES string of the molecule is CC(C)(O)CCN1CCc2ccc([N+](=O)[O-])cc2C1=O. The van der Waals surface area contributed by atoms with Crippen LogP contribution < -0.4 is 0 Å². The van der Waals surface area contributed by atoms with Crippen molar-refractivity contribution in [2.75, 3.05) is 13.1 Å². The van der Waals surface area contributed by atoms with Crippen LogP contribution in [0.5, 0.6) is 0 Å². The zero-order valence-corrected chi connectivity index (χ0v) is 11.6. The molecular formula is C14H18N2O4. The highest BCUT2D eigenvalue weighted by Gasteiger charge is 2.27. The largest absolute Gasteiger partial charge is 0.390 e. The number of nitrogens with zero attached hydrogens (tertiary/aromatic N) is 2. The summed E-state index contributed by atoms with van der Waals surface area (Å²) in [4.78, 5) is 24.3. The van der Waals surface area contributed by atoms with Crippen molar-refractivity contribution < 1.29 is 14.8 Å². The number of carbonyl (C=O) groups is 1. The van der Waals surface area contributed by atoms with Gasteiger partial charge in [0.2, 0.25) is 0 Å². The fourth-order valence-corrected chi connectivity index (χ4v) is 2.24. The van der Waals surface area contributed by atoms with E-state index in [4.69, 9.17) is 0 Å². The summed E-state index contributed by atoms with van der Waals surface area (Å²) in [7, 11) is 0. The Labute approximate surface area is 117 Å². The first-order valence-electron chi connectivity index (χ1n) is 6.57. The average molecular weight is 278 g/mol. The fourth-order valence-electron chi connectivity index (χ4n) is 2.24. The van der Waals surface area contributed by atoms with Crippen LogP contribution in [0.3, 0.4) is 0 Å². The van der Waals surface area contributed by atoms with Crippen LogP contribution in [-0.4, -0.2) is 39.5 Å². The number of hydrogen-bond donors (Lipinski definition) is 1. The number of aliphatic hydroxyl groups is 1. The minimum Gasteiger partial charge on any atom is -0.390 e. The second kappa shape index (κ2) is 5.20. The summed E-state index contributed by atoms with van der Waals surface area (Å²) in [6.07, 6.45) is 1.16. The second-order valence-corrected chi connectivity index (χ2v) is 5.70. The van der Waals surface area contributed by atoms with E-state index in [0.29, 0.717) is 31.5 Å². The van der Waals surface area contributed by atoms with E-state index in [-0.39, 0.29) is 11.6 Å². The van der Waals surface area contributed by atoms with Gasteiger partial charge in [-0.15, -0.1) is 0 Å². The summed E-state index contributed by atoms with van der Waals surface area (Å²) in [6.45, 7) is 4.42. The summed E-state index contributed by atoms with van der Waals surface area (Å²) in [5.41, 5.74) is 0.353. The highest BCUT2D eigenvalue weighted by Crippen LogP contribution is 2.24. The van der Waals surface area contributed by atoms with Gasteiger partial charge in [-0.2, -0.15) is 0 Å². The third kappa shape index (κ3) is 3.14. The van der Waals surface area contributed by atoms with Crippen LogP contribution in [0.25, 0.3) is 0 Å². The molecule has 0 spiro atoms. The van der Waals surface area contributed by atoms with Gasteiger partial charge >= 0.3 is 0 Å². The first-order chi connectivity index (χ1) is 9.28. The van der Waals surface area contributed by atoms with Gasteiger partial charge in [0.25, 0.3) is 11.6 Å². The molecule has 20 heavy (non-hydrogen) atoms. The van der Waals surface area contributed by atoms with Gasteiger partial charge in [0, 0.05) is 30.8 Å². The summed E-state index contributed by atoms with van der Waals surface area (Å²) < 4.78 is 0. The second-order valence-electron chi connectivity index (χ2n) is 5.70. The predicted molar refractivity (Wildman–Crippen MR) is 73.6 cm³/mol. The van der Waals surface area contributed by atoms with Crippen LogP contribution in [0.4, 0.5) is 5.69 Å². The third-order valence-corrected chi connectivity index (χ3v) is 3.47. The van der Waals surface area contributed by atoms with Crippen LogP contribution in [-0.2, 0) is 6.42 Å². The minimum absolute atomic E-state index is 0.0681. The van der Waals surface area contributed by atoms with Crippen molar-refractivity contribution in [2.45, 2.75) is 32.3 Å². The highest BCUT2D eigenvalue weighted by atomic mass is 16.6. The van der Waals surface area contributed by atoms with Gasteiger partial charge in [-0.05, 0) is 32.3 Å². The highest BCUT2D eigenvalue weighted by molar-refractivity contribution is 5.97. The molecule has 1 aromatic rings. The van der Waals surface area contributed by atoms with Crippen molar-refractivity contribution in [3.8, 4) is 0 Å². The molecule has 1 N–H and O–H groups in total. The van der Waals surface area contributed by atoms with Gasteiger partial charge < -0.3 is 10.0 Å². The molecule has 6 heteroatoms. The Morgan fingerprint density at radius 1 is 1.45 bits per heavy atom. The van der Waals surface area contributed by atoms with Gasteiger partial charge in [-0.1, -0.05) is 6.07 Å². The lowest BCUT2D eigenvalue weighted by atomic mass is 9.97. The van der Waals surface area contributed by atoms with Crippen molar-refractivity contribution in [2.24, 2.45) is 0 Å². The maximum atomic E-state index is 12.3. The summed E-state index contributed by atoms with van der Waals surface area (Å²) in [5, 5.41) is 20.5. The topological polar surface area (TPSA) is 83.7 Å². The fraction of sp³-hybridized carbons (Fsp3) is 0.500. The van der Waals surface area contributed by atoms with Crippen molar-refractivity contribution >= 4 is 11.6 Å². The van der Waals surface area contributed by atoms with E-state index in [0.717, 1.165) is 5.56 Å². The van der Waals surface area contributed by atoms with Crippen LogP contribution in [0, 0.1) is 10.1 Å². The van der Waals surface area contributed by atoms with Crippen molar-refractivity contribution in [3.05, 3.63) is 39.4 Å². The molecule has 0 aromatic heterocycles. The molecule has 0 aliphatic carbocycles. The van der Waals surface area contributed by atoms with Crippen molar-refractivity contribution in [1.29, 1.82) is 0 Å². The van der Waals surface area contributed by atoms with E-state index < -0.39 is 10.5 Å². The number of nitro groups is 1. The number of non-ortho nitro benzene ring substituents is 1. The number of carbonyl (C=O) groups excluding carboxylic acids is 1. The van der Waals surface area contributed by atoms with Gasteiger partial charge in [0.1, 0.15) is 0 Å². The molecule has 0 radical (unpaired) electrons. The minimum atomic E-state index is -0.830. The monoisotopic (exact) mass is 278 g/mol. The molecule has 1 aliphatic rings. The molecule has 2 rings (SSSR count). The molecule has 0 atom stereocenters. The Kier molecular flexibility index (Phi) is 3.76. The van der Waals surface area contributed by atoms with Gasteiger partial charge in [0.15, 0.2) is 0 Å². The first kappa shape index (κ1) is 14.5. The quantitative estimate of drug-likeness (QED) is 0.671. The maximum absolute atomic E-state index is 12.3. The molecule has 0 unspecified atom stereocenters. The number of nitro benzene ring substituents is 1. The summed E-state index contributed by atoms with van der Waals surface area (Å²) in [5.74, 6) is -0.195. The van der Waals surface area contributed by atoms with Crippen molar-refractivity contribution in [1.82, 2.24) is 4.90 Å². The van der Waals surface area contributed by atoms with Gasteiger partial charge in [-0.25, -0.2) is 0 Å². The van der Waals surface area contributed by atoms with Crippen molar-refractivity contribution in [3.63, 3.8) is 0 Å². The van der Waals surface area contributed by atoms with E-state index >= 15 is 0 Å². The van der Waals surface area contributed by atoms with E-state index in [2.05, 4.69) is 0 Å². The normalized spacial score (nSPS) is 15.2. The molecule has 0 saturated heterocycles. The van der Waals surface area contributed by atoms with Crippen LogP contribution in [0.15, 0.2) is 18.2 Å². The molecule has 1 amide bonds. The van der Waals surface area contributed by atoms with E-state index in [1.165, 1.54) is 12.1 Å². The Morgan fingerprint density at radius 2 is 2.15 bits per heavy atom. The molecule has 0 saturated carbocycles. The molecule has 6 nitrogen and oxygen atoms in total. The summed E-state index contributed by atoms with van der Waals surface area (Å²) in [6, 6.07) is 4.42. The smallest absolute Gasteiger partial charge is 0.270 e. The van der Waals surface area contributed by atoms with Gasteiger partial charge in [-0.3, -0.25) is 14.9 Å². The molecule has 0 bridgehead atoms. The van der Waals surface area contributed by atoms with E-state index in [1.807, 2.05) is 0 Å². The molecule has 1 aliphatic heterocycles. The average Bonchev–Trinajstić information content (AvgIpc) is 2.36. The Morgan fingerprint density at radius 3 is 2.75 bits per heavy atom. The predicted octanol–water partition coefficient (Wildman–Crippen LogP) is 1.75. The van der Waals surface area contributed by atoms with Crippen LogP contribution in [0.1, 0.15) is 36.2 Å². The van der Waals surface area contributed by atoms with E-state index in [1.54, 1.807) is 24.8 Å². The first-order valence-corrected chi connectivity index (χ1v) is 6.57. The third-order valence-electron chi connectivity index (χ3n) is 3.47. The zero-order chi connectivity index (χ0) is 14.9. The molecule has 0 fully saturated rings. The molecule has 1 heterocycles. The maximum Gasteiger partial charge on any atom is 0.270 e.